The highest BCUT2D eigenvalue weighted by Gasteiger charge is 2.10. The number of rotatable bonds is 4. The molecular formula is C12H10ClNO3S. The van der Waals surface area contributed by atoms with Crippen LogP contribution in [0.25, 0.3) is 0 Å². The number of ether oxygens (including phenoxy) is 1. The third-order valence-corrected chi connectivity index (χ3v) is 2.79. The van der Waals surface area contributed by atoms with Crippen LogP contribution in [0.4, 0.5) is 5.69 Å². The summed E-state index contributed by atoms with van der Waals surface area (Å²) < 4.78 is 29.8. The highest BCUT2D eigenvalue weighted by atomic mass is 35.7. The average Bonchev–Trinajstić information content (AvgIpc) is 2.31. The van der Waals surface area contributed by atoms with Crippen LogP contribution >= 0.6 is 10.7 Å². The van der Waals surface area contributed by atoms with Gasteiger partial charge in [0.1, 0.15) is 5.75 Å². The van der Waals surface area contributed by atoms with E-state index in [0.29, 0.717) is 11.5 Å². The van der Waals surface area contributed by atoms with Crippen LogP contribution in [0.2, 0.25) is 0 Å². The second-order valence-corrected chi connectivity index (χ2v) is 5.75. The fraction of sp³-hybridized carbons (Fsp3) is 0. The Hall–Kier alpha value is -1.72. The predicted octanol–water partition coefficient (Wildman–Crippen LogP) is 3.37. The van der Waals surface area contributed by atoms with Crippen LogP contribution in [-0.2, 0) is 9.24 Å². The van der Waals surface area contributed by atoms with Gasteiger partial charge in [0, 0.05) is 10.7 Å². The van der Waals surface area contributed by atoms with Crippen LogP contribution in [0.3, 0.4) is 0 Å². The van der Waals surface area contributed by atoms with Crippen molar-refractivity contribution in [2.75, 3.05) is 4.72 Å². The van der Waals surface area contributed by atoms with E-state index in [1.54, 1.807) is 36.4 Å². The second kappa shape index (κ2) is 5.29. The SMILES string of the molecule is O=S(=O)(Cl)Nc1ccccc1Oc1ccccc1. The minimum Gasteiger partial charge on any atom is -0.455 e. The number of anilines is 1. The van der Waals surface area contributed by atoms with Crippen molar-refractivity contribution in [2.45, 2.75) is 0 Å². The van der Waals surface area contributed by atoms with E-state index in [0.717, 1.165) is 0 Å². The molecule has 0 aliphatic rings. The molecule has 0 saturated heterocycles. The molecule has 0 aliphatic heterocycles. The Morgan fingerprint density at radius 2 is 1.56 bits per heavy atom. The molecule has 0 aromatic heterocycles. The van der Waals surface area contributed by atoms with E-state index in [4.69, 9.17) is 15.4 Å². The molecular weight excluding hydrogens is 274 g/mol. The first-order valence-corrected chi connectivity index (χ1v) is 7.40. The van der Waals surface area contributed by atoms with Crippen molar-refractivity contribution >= 4 is 25.6 Å². The van der Waals surface area contributed by atoms with E-state index in [1.165, 1.54) is 0 Å². The standard InChI is InChI=1S/C12H10ClNO3S/c13-18(15,16)14-11-8-4-5-9-12(11)17-10-6-2-1-3-7-10/h1-9,14H. The van der Waals surface area contributed by atoms with Gasteiger partial charge in [-0.15, -0.1) is 0 Å². The molecule has 0 heterocycles. The third kappa shape index (κ3) is 3.65. The summed E-state index contributed by atoms with van der Waals surface area (Å²) in [5, 5.41) is 0. The van der Waals surface area contributed by atoms with Gasteiger partial charge in [0.05, 0.1) is 5.69 Å². The van der Waals surface area contributed by atoms with Gasteiger partial charge in [0.2, 0.25) is 0 Å². The van der Waals surface area contributed by atoms with Gasteiger partial charge in [0.15, 0.2) is 5.75 Å². The van der Waals surface area contributed by atoms with Crippen LogP contribution < -0.4 is 9.46 Å². The summed E-state index contributed by atoms with van der Waals surface area (Å²) in [6.45, 7) is 0. The zero-order valence-electron chi connectivity index (χ0n) is 9.21. The van der Waals surface area contributed by atoms with Gasteiger partial charge in [0.25, 0.3) is 0 Å². The molecule has 0 aliphatic carbocycles. The topological polar surface area (TPSA) is 55.4 Å². The van der Waals surface area contributed by atoms with E-state index in [9.17, 15) is 8.42 Å². The summed E-state index contributed by atoms with van der Waals surface area (Å²) in [7, 11) is 1.30. The fourth-order valence-corrected chi connectivity index (χ4v) is 2.07. The summed E-state index contributed by atoms with van der Waals surface area (Å²) in [4.78, 5) is 0. The molecule has 0 amide bonds. The number of hydrogen-bond donors (Lipinski definition) is 1. The number of nitrogens with one attached hydrogen (secondary N) is 1. The lowest BCUT2D eigenvalue weighted by atomic mass is 10.3. The zero-order valence-corrected chi connectivity index (χ0v) is 10.8. The summed E-state index contributed by atoms with van der Waals surface area (Å²) in [6.07, 6.45) is 0. The van der Waals surface area contributed by atoms with Crippen LogP contribution in [0, 0.1) is 0 Å². The molecule has 0 spiro atoms. The van der Waals surface area contributed by atoms with Crippen molar-refractivity contribution in [1.82, 2.24) is 0 Å². The highest BCUT2D eigenvalue weighted by Crippen LogP contribution is 2.30. The first-order chi connectivity index (χ1) is 8.54. The minimum absolute atomic E-state index is 0.288. The van der Waals surface area contributed by atoms with Gasteiger partial charge in [-0.2, -0.15) is 8.42 Å². The molecule has 2 aromatic rings. The molecule has 18 heavy (non-hydrogen) atoms. The lowest BCUT2D eigenvalue weighted by Crippen LogP contribution is -2.05. The molecule has 2 aromatic carbocycles. The van der Waals surface area contributed by atoms with Crippen molar-refractivity contribution in [3.63, 3.8) is 0 Å². The fourth-order valence-electron chi connectivity index (χ4n) is 1.39. The summed E-state index contributed by atoms with van der Waals surface area (Å²) in [5.41, 5.74) is 0.288. The lowest BCUT2D eigenvalue weighted by Gasteiger charge is -2.10. The normalized spacial score (nSPS) is 10.9. The Balaban J connectivity index is 2.28. The molecule has 0 saturated carbocycles. The van der Waals surface area contributed by atoms with Crippen molar-refractivity contribution in [3.05, 3.63) is 54.6 Å². The van der Waals surface area contributed by atoms with E-state index >= 15 is 0 Å². The third-order valence-electron chi connectivity index (χ3n) is 2.09. The second-order valence-electron chi connectivity index (χ2n) is 3.45. The zero-order chi connectivity index (χ0) is 13.0. The number of hydrogen-bond acceptors (Lipinski definition) is 3. The summed E-state index contributed by atoms with van der Waals surface area (Å²) in [5.74, 6) is 0.992. The first kappa shape index (κ1) is 12.7. The molecule has 2 rings (SSSR count). The van der Waals surface area contributed by atoms with Gasteiger partial charge in [-0.3, -0.25) is 4.72 Å². The van der Waals surface area contributed by atoms with Gasteiger partial charge in [-0.1, -0.05) is 30.3 Å². The lowest BCUT2D eigenvalue weighted by molar-refractivity contribution is 0.485. The van der Waals surface area contributed by atoms with Gasteiger partial charge in [-0.25, -0.2) is 0 Å². The molecule has 0 atom stereocenters. The average molecular weight is 284 g/mol. The van der Waals surface area contributed by atoms with Crippen molar-refractivity contribution in [1.29, 1.82) is 0 Å². The molecule has 0 fully saturated rings. The van der Waals surface area contributed by atoms with Crippen LogP contribution in [0.1, 0.15) is 0 Å². The first-order valence-electron chi connectivity index (χ1n) is 5.09. The monoisotopic (exact) mass is 283 g/mol. The smallest absolute Gasteiger partial charge is 0.319 e. The minimum atomic E-state index is -3.85. The summed E-state index contributed by atoms with van der Waals surface area (Å²) in [6, 6.07) is 15.7. The quantitative estimate of drug-likeness (QED) is 0.875. The Morgan fingerprint density at radius 1 is 0.944 bits per heavy atom. The molecule has 4 nitrogen and oxygen atoms in total. The van der Waals surface area contributed by atoms with E-state index in [1.807, 2.05) is 18.2 Å². The molecule has 94 valence electrons. The molecule has 0 radical (unpaired) electrons. The number of para-hydroxylation sites is 3. The molecule has 0 unspecified atom stereocenters. The Labute approximate surface area is 110 Å². The van der Waals surface area contributed by atoms with Crippen molar-refractivity contribution in [2.24, 2.45) is 0 Å². The van der Waals surface area contributed by atoms with Gasteiger partial charge in [-0.05, 0) is 24.3 Å². The van der Waals surface area contributed by atoms with Crippen LogP contribution in [-0.4, -0.2) is 8.42 Å². The maximum absolute atomic E-state index is 11.0. The van der Waals surface area contributed by atoms with Gasteiger partial charge >= 0.3 is 9.24 Å². The Bertz CT molecular complexity index is 629. The van der Waals surface area contributed by atoms with Crippen LogP contribution in [0.5, 0.6) is 11.5 Å². The van der Waals surface area contributed by atoms with E-state index < -0.39 is 9.24 Å². The molecule has 1 N–H and O–H groups in total. The van der Waals surface area contributed by atoms with Crippen molar-refractivity contribution < 1.29 is 13.2 Å². The Kier molecular flexibility index (Phi) is 3.74. The Morgan fingerprint density at radius 3 is 2.22 bits per heavy atom. The molecule has 0 bridgehead atoms. The number of benzene rings is 2. The van der Waals surface area contributed by atoms with Crippen LogP contribution in [0.15, 0.2) is 54.6 Å². The van der Waals surface area contributed by atoms with Crippen molar-refractivity contribution in [3.8, 4) is 11.5 Å². The largest absolute Gasteiger partial charge is 0.455 e. The van der Waals surface area contributed by atoms with E-state index in [2.05, 4.69) is 4.72 Å². The highest BCUT2D eigenvalue weighted by molar-refractivity contribution is 8.14. The summed E-state index contributed by atoms with van der Waals surface area (Å²) >= 11 is 0. The maximum atomic E-state index is 11.0. The van der Waals surface area contributed by atoms with Gasteiger partial charge < -0.3 is 4.74 Å². The predicted molar refractivity (Wildman–Crippen MR) is 71.4 cm³/mol. The maximum Gasteiger partial charge on any atom is 0.319 e. The van der Waals surface area contributed by atoms with E-state index in [-0.39, 0.29) is 5.69 Å². The number of halogens is 1. The molecule has 6 heteroatoms.